The zero-order valence-corrected chi connectivity index (χ0v) is 9.25. The van der Waals surface area contributed by atoms with E-state index in [9.17, 15) is 4.79 Å². The summed E-state index contributed by atoms with van der Waals surface area (Å²) in [5, 5.41) is 2.82. The Bertz CT molecular complexity index is 236. The molecule has 15 heavy (non-hydrogen) atoms. The Balaban J connectivity index is 1.67. The SMILES string of the molecule is CCOC(=O)NCC1CC12CCOCC2. The van der Waals surface area contributed by atoms with Crippen LogP contribution in [0.2, 0.25) is 0 Å². The van der Waals surface area contributed by atoms with Crippen LogP contribution in [0.5, 0.6) is 0 Å². The van der Waals surface area contributed by atoms with E-state index in [1.54, 1.807) is 0 Å². The van der Waals surface area contributed by atoms with Gasteiger partial charge in [0.2, 0.25) is 0 Å². The molecule has 0 radical (unpaired) electrons. The summed E-state index contributed by atoms with van der Waals surface area (Å²) in [6.45, 7) is 4.79. The van der Waals surface area contributed by atoms with Crippen LogP contribution in [-0.4, -0.2) is 32.5 Å². The summed E-state index contributed by atoms with van der Waals surface area (Å²) in [7, 11) is 0. The van der Waals surface area contributed by atoms with Crippen molar-refractivity contribution in [3.63, 3.8) is 0 Å². The van der Waals surface area contributed by atoms with E-state index >= 15 is 0 Å². The standard InChI is InChI=1S/C11H19NO3/c1-2-15-10(13)12-8-9-7-11(9)3-5-14-6-4-11/h9H,2-8H2,1H3,(H,12,13). The van der Waals surface area contributed by atoms with Gasteiger partial charge in [0.15, 0.2) is 0 Å². The van der Waals surface area contributed by atoms with Crippen molar-refractivity contribution in [1.82, 2.24) is 5.32 Å². The monoisotopic (exact) mass is 213 g/mol. The summed E-state index contributed by atoms with van der Waals surface area (Å²) in [6.07, 6.45) is 3.26. The second kappa shape index (κ2) is 4.39. The van der Waals surface area contributed by atoms with Crippen molar-refractivity contribution in [2.45, 2.75) is 26.2 Å². The molecule has 1 saturated carbocycles. The van der Waals surface area contributed by atoms with Crippen molar-refractivity contribution in [2.24, 2.45) is 11.3 Å². The van der Waals surface area contributed by atoms with Crippen LogP contribution in [0.3, 0.4) is 0 Å². The number of hydrogen-bond acceptors (Lipinski definition) is 3. The van der Waals surface area contributed by atoms with Crippen molar-refractivity contribution < 1.29 is 14.3 Å². The minimum atomic E-state index is -0.286. The van der Waals surface area contributed by atoms with E-state index in [1.807, 2.05) is 6.92 Å². The molecular weight excluding hydrogens is 194 g/mol. The summed E-state index contributed by atoms with van der Waals surface area (Å²) < 4.78 is 10.2. The van der Waals surface area contributed by atoms with Crippen molar-refractivity contribution >= 4 is 6.09 Å². The maximum Gasteiger partial charge on any atom is 0.407 e. The fourth-order valence-electron chi connectivity index (χ4n) is 2.50. The van der Waals surface area contributed by atoms with Gasteiger partial charge in [-0.25, -0.2) is 4.79 Å². The van der Waals surface area contributed by atoms with Gasteiger partial charge in [-0.3, -0.25) is 0 Å². The second-order valence-corrected chi connectivity index (χ2v) is 4.48. The molecule has 1 saturated heterocycles. The molecule has 0 aromatic heterocycles. The van der Waals surface area contributed by atoms with Gasteiger partial charge < -0.3 is 14.8 Å². The van der Waals surface area contributed by atoms with E-state index < -0.39 is 0 Å². The van der Waals surface area contributed by atoms with Gasteiger partial charge >= 0.3 is 6.09 Å². The number of amides is 1. The Hall–Kier alpha value is -0.770. The van der Waals surface area contributed by atoms with Crippen LogP contribution in [0.1, 0.15) is 26.2 Å². The van der Waals surface area contributed by atoms with Gasteiger partial charge in [0, 0.05) is 19.8 Å². The molecule has 1 unspecified atom stereocenters. The first kappa shape index (κ1) is 10.7. The lowest BCUT2D eigenvalue weighted by Crippen LogP contribution is -2.29. The number of rotatable bonds is 3. The van der Waals surface area contributed by atoms with E-state index in [2.05, 4.69) is 5.32 Å². The van der Waals surface area contributed by atoms with E-state index in [1.165, 1.54) is 6.42 Å². The maximum absolute atomic E-state index is 11.1. The number of carbonyl (C=O) groups excluding carboxylic acids is 1. The molecule has 2 rings (SSSR count). The smallest absolute Gasteiger partial charge is 0.407 e. The number of hydrogen-bond donors (Lipinski definition) is 1. The molecular formula is C11H19NO3. The fourth-order valence-corrected chi connectivity index (χ4v) is 2.50. The van der Waals surface area contributed by atoms with Crippen molar-refractivity contribution in [3.05, 3.63) is 0 Å². The Morgan fingerprint density at radius 1 is 1.53 bits per heavy atom. The first-order valence-electron chi connectivity index (χ1n) is 5.75. The minimum absolute atomic E-state index is 0.286. The Morgan fingerprint density at radius 3 is 2.93 bits per heavy atom. The zero-order chi connectivity index (χ0) is 10.7. The van der Waals surface area contributed by atoms with Gasteiger partial charge in [0.25, 0.3) is 0 Å². The molecule has 1 aliphatic carbocycles. The molecule has 1 spiro atoms. The lowest BCUT2D eigenvalue weighted by molar-refractivity contribution is 0.0519. The fraction of sp³-hybridized carbons (Fsp3) is 0.909. The van der Waals surface area contributed by atoms with Gasteiger partial charge in [-0.2, -0.15) is 0 Å². The van der Waals surface area contributed by atoms with Crippen LogP contribution >= 0.6 is 0 Å². The first-order chi connectivity index (χ1) is 7.27. The van der Waals surface area contributed by atoms with Crippen molar-refractivity contribution in [1.29, 1.82) is 0 Å². The zero-order valence-electron chi connectivity index (χ0n) is 9.25. The summed E-state index contributed by atoms with van der Waals surface area (Å²) in [5.41, 5.74) is 0.484. The lowest BCUT2D eigenvalue weighted by Gasteiger charge is -2.22. The van der Waals surface area contributed by atoms with Crippen LogP contribution in [0.25, 0.3) is 0 Å². The van der Waals surface area contributed by atoms with Gasteiger partial charge in [-0.15, -0.1) is 0 Å². The third-order valence-corrected chi connectivity index (χ3v) is 3.62. The number of alkyl carbamates (subject to hydrolysis) is 1. The van der Waals surface area contributed by atoms with Gasteiger partial charge in [-0.05, 0) is 37.5 Å². The minimum Gasteiger partial charge on any atom is -0.450 e. The van der Waals surface area contributed by atoms with Crippen LogP contribution in [0, 0.1) is 11.3 Å². The summed E-state index contributed by atoms with van der Waals surface area (Å²) >= 11 is 0. The van der Waals surface area contributed by atoms with Crippen molar-refractivity contribution in [3.8, 4) is 0 Å². The van der Waals surface area contributed by atoms with Crippen LogP contribution in [0.15, 0.2) is 0 Å². The molecule has 4 heteroatoms. The molecule has 1 amide bonds. The molecule has 1 aliphatic heterocycles. The summed E-state index contributed by atoms with van der Waals surface area (Å²) in [6, 6.07) is 0. The molecule has 1 heterocycles. The quantitative estimate of drug-likeness (QED) is 0.773. The van der Waals surface area contributed by atoms with Gasteiger partial charge in [0.1, 0.15) is 0 Å². The third kappa shape index (κ3) is 2.43. The highest BCUT2D eigenvalue weighted by Gasteiger charge is 2.53. The molecule has 2 aliphatic rings. The normalized spacial score (nSPS) is 27.4. The Morgan fingerprint density at radius 2 is 2.27 bits per heavy atom. The molecule has 1 atom stereocenters. The topological polar surface area (TPSA) is 47.6 Å². The van der Waals surface area contributed by atoms with Crippen LogP contribution in [-0.2, 0) is 9.47 Å². The molecule has 86 valence electrons. The van der Waals surface area contributed by atoms with E-state index in [-0.39, 0.29) is 6.09 Å². The van der Waals surface area contributed by atoms with E-state index in [4.69, 9.17) is 9.47 Å². The number of nitrogens with one attached hydrogen (secondary N) is 1. The van der Waals surface area contributed by atoms with Crippen molar-refractivity contribution in [2.75, 3.05) is 26.4 Å². The Kier molecular flexibility index (Phi) is 3.14. The highest BCUT2D eigenvalue weighted by Crippen LogP contribution is 2.58. The summed E-state index contributed by atoms with van der Waals surface area (Å²) in [4.78, 5) is 11.1. The lowest BCUT2D eigenvalue weighted by atomic mass is 9.94. The number of carbonyl (C=O) groups is 1. The van der Waals surface area contributed by atoms with Crippen LogP contribution < -0.4 is 5.32 Å². The molecule has 0 aromatic carbocycles. The third-order valence-electron chi connectivity index (χ3n) is 3.62. The maximum atomic E-state index is 11.1. The highest BCUT2D eigenvalue weighted by molar-refractivity contribution is 5.67. The van der Waals surface area contributed by atoms with Gasteiger partial charge in [0.05, 0.1) is 6.61 Å². The molecule has 0 bridgehead atoms. The average molecular weight is 213 g/mol. The second-order valence-electron chi connectivity index (χ2n) is 4.48. The van der Waals surface area contributed by atoms with E-state index in [0.717, 1.165) is 32.6 Å². The predicted molar refractivity (Wildman–Crippen MR) is 55.6 cm³/mol. The average Bonchev–Trinajstić information content (AvgIpc) is 2.90. The molecule has 4 nitrogen and oxygen atoms in total. The van der Waals surface area contributed by atoms with Gasteiger partial charge in [-0.1, -0.05) is 0 Å². The first-order valence-corrected chi connectivity index (χ1v) is 5.75. The predicted octanol–water partition coefficient (Wildman–Crippen LogP) is 1.55. The molecule has 2 fully saturated rings. The molecule has 1 N–H and O–H groups in total. The Labute approximate surface area is 90.3 Å². The highest BCUT2D eigenvalue weighted by atomic mass is 16.5. The summed E-state index contributed by atoms with van der Waals surface area (Å²) in [5.74, 6) is 0.644. The largest absolute Gasteiger partial charge is 0.450 e. The number of ether oxygens (including phenoxy) is 2. The van der Waals surface area contributed by atoms with E-state index in [0.29, 0.717) is 17.9 Å². The molecule has 0 aromatic rings. The van der Waals surface area contributed by atoms with Crippen LogP contribution in [0.4, 0.5) is 4.79 Å².